The van der Waals surface area contributed by atoms with Gasteiger partial charge in [-0.05, 0) is 12.3 Å². The largest absolute Gasteiger partial charge is 0.332 e. The number of hydrogen-bond acceptors (Lipinski definition) is 9. The zero-order valence-electron chi connectivity index (χ0n) is 17.6. The first kappa shape index (κ1) is 22.1. The number of fused-ring (bicyclic) bond motifs is 1. The molecule has 0 spiro atoms. The highest BCUT2D eigenvalue weighted by molar-refractivity contribution is 8.00. The molecule has 3 heterocycles. The number of aromatic nitrogens is 6. The van der Waals surface area contributed by atoms with Crippen molar-refractivity contribution in [2.45, 2.75) is 39.1 Å². The van der Waals surface area contributed by atoms with Crippen LogP contribution in [0.5, 0.6) is 0 Å². The molecule has 0 fully saturated rings. The zero-order valence-corrected chi connectivity index (χ0v) is 19.3. The maximum absolute atomic E-state index is 12.8. The quantitative estimate of drug-likeness (QED) is 0.459. The van der Waals surface area contributed by atoms with Crippen LogP contribution in [0.15, 0.2) is 14.6 Å². The lowest BCUT2D eigenvalue weighted by molar-refractivity contribution is -0.113. The van der Waals surface area contributed by atoms with Crippen LogP contribution in [0.4, 0.5) is 5.13 Å². The number of nitrogens with one attached hydrogen (secondary N) is 1. The molecule has 0 saturated carbocycles. The summed E-state index contributed by atoms with van der Waals surface area (Å²) >= 11 is 2.40. The summed E-state index contributed by atoms with van der Waals surface area (Å²) in [6.45, 7) is 7.95. The first-order chi connectivity index (χ1) is 14.0. The van der Waals surface area contributed by atoms with Crippen molar-refractivity contribution < 1.29 is 4.79 Å². The highest BCUT2D eigenvalue weighted by Crippen LogP contribution is 2.25. The maximum atomic E-state index is 12.8. The van der Waals surface area contributed by atoms with Gasteiger partial charge in [-0.1, -0.05) is 43.9 Å². The molecule has 160 valence electrons. The van der Waals surface area contributed by atoms with E-state index in [0.29, 0.717) is 22.4 Å². The van der Waals surface area contributed by atoms with Crippen LogP contribution in [0.25, 0.3) is 11.0 Å². The number of nitrogens with zero attached hydrogens (tertiary/aromatic N) is 6. The van der Waals surface area contributed by atoms with Crippen LogP contribution in [0.1, 0.15) is 31.6 Å². The molecular weight excluding hydrogens is 426 g/mol. The van der Waals surface area contributed by atoms with Crippen molar-refractivity contribution in [3.05, 3.63) is 31.7 Å². The van der Waals surface area contributed by atoms with E-state index in [1.807, 2.05) is 20.8 Å². The number of carbonyl (C=O) groups is 1. The number of aryl methyl sites for hydroxylation is 2. The second-order valence-electron chi connectivity index (χ2n) is 8.05. The Bertz CT molecular complexity index is 1240. The van der Waals surface area contributed by atoms with Crippen molar-refractivity contribution in [3.8, 4) is 0 Å². The highest BCUT2D eigenvalue weighted by Gasteiger charge is 2.21. The molecule has 1 amide bonds. The molecular formula is C18H23N7O3S2. The van der Waals surface area contributed by atoms with Gasteiger partial charge in [0, 0.05) is 20.5 Å². The molecule has 0 aliphatic heterocycles. The Morgan fingerprint density at radius 1 is 1.13 bits per heavy atom. The van der Waals surface area contributed by atoms with E-state index >= 15 is 0 Å². The Balaban J connectivity index is 2.01. The third kappa shape index (κ3) is 4.75. The Kier molecular flexibility index (Phi) is 6.09. The van der Waals surface area contributed by atoms with Crippen LogP contribution < -0.4 is 16.6 Å². The number of anilines is 1. The van der Waals surface area contributed by atoms with E-state index in [4.69, 9.17) is 0 Å². The van der Waals surface area contributed by atoms with Crippen molar-refractivity contribution >= 4 is 45.2 Å². The molecule has 12 heteroatoms. The first-order valence-electron chi connectivity index (χ1n) is 9.15. The van der Waals surface area contributed by atoms with Crippen LogP contribution >= 0.6 is 23.1 Å². The number of hydrogen-bond donors (Lipinski definition) is 1. The molecule has 3 aromatic heterocycles. The number of carbonyl (C=O) groups excluding carboxylic acids is 1. The van der Waals surface area contributed by atoms with Gasteiger partial charge in [0.05, 0.1) is 5.75 Å². The summed E-state index contributed by atoms with van der Waals surface area (Å²) in [7, 11) is 2.98. The third-order valence-corrected chi connectivity index (χ3v) is 5.84. The van der Waals surface area contributed by atoms with E-state index in [2.05, 4.69) is 25.5 Å². The third-order valence-electron chi connectivity index (χ3n) is 4.11. The van der Waals surface area contributed by atoms with E-state index in [9.17, 15) is 14.4 Å². The van der Waals surface area contributed by atoms with Crippen molar-refractivity contribution in [1.29, 1.82) is 0 Å². The van der Waals surface area contributed by atoms with Gasteiger partial charge in [-0.15, -0.1) is 10.2 Å². The predicted octanol–water partition coefficient (Wildman–Crippen LogP) is 1.51. The lowest BCUT2D eigenvalue weighted by atomic mass is 9.92. The Morgan fingerprint density at radius 3 is 2.43 bits per heavy atom. The van der Waals surface area contributed by atoms with Gasteiger partial charge in [0.25, 0.3) is 5.56 Å². The van der Waals surface area contributed by atoms with Crippen LogP contribution in [0, 0.1) is 12.3 Å². The van der Waals surface area contributed by atoms with Crippen molar-refractivity contribution in [2.75, 3.05) is 11.1 Å². The van der Waals surface area contributed by atoms with Gasteiger partial charge in [-0.2, -0.15) is 0 Å². The highest BCUT2D eigenvalue weighted by atomic mass is 32.2. The van der Waals surface area contributed by atoms with Gasteiger partial charge in [-0.3, -0.25) is 24.0 Å². The molecule has 3 rings (SSSR count). The fourth-order valence-corrected chi connectivity index (χ4v) is 4.21. The molecule has 0 bridgehead atoms. The summed E-state index contributed by atoms with van der Waals surface area (Å²) in [5.41, 5.74) is -0.785. The second kappa shape index (κ2) is 8.26. The summed E-state index contributed by atoms with van der Waals surface area (Å²) in [6.07, 6.45) is 0.552. The van der Waals surface area contributed by atoms with Crippen LogP contribution in [-0.2, 0) is 25.3 Å². The summed E-state index contributed by atoms with van der Waals surface area (Å²) in [5.74, 6) is 0.244. The SMILES string of the molecule is Cc1nnc(NC(=O)CSc2nc(CC(C)(C)C)nc3c2c(=O)n(C)c(=O)n3C)s1. The molecule has 0 saturated heterocycles. The normalized spacial score (nSPS) is 11.8. The molecule has 10 nitrogen and oxygen atoms in total. The standard InChI is InChI=1S/C18H23N7O3S2/c1-9-22-23-16(30-9)21-11(26)8-29-14-12-13(19-10(20-14)7-18(2,3)4)24(5)17(28)25(6)15(12)27/h7-8H2,1-6H3,(H,21,23,26). The second-order valence-corrected chi connectivity index (χ2v) is 10.2. The average molecular weight is 450 g/mol. The summed E-state index contributed by atoms with van der Waals surface area (Å²) in [5, 5.41) is 12.2. The maximum Gasteiger partial charge on any atom is 0.332 e. The van der Waals surface area contributed by atoms with Crippen molar-refractivity contribution in [1.82, 2.24) is 29.3 Å². The molecule has 0 radical (unpaired) electrons. The van der Waals surface area contributed by atoms with E-state index in [1.54, 1.807) is 14.0 Å². The molecule has 30 heavy (non-hydrogen) atoms. The fourth-order valence-electron chi connectivity index (χ4n) is 2.77. The number of amides is 1. The van der Waals surface area contributed by atoms with E-state index in [-0.39, 0.29) is 28.1 Å². The molecule has 0 aliphatic rings. The Morgan fingerprint density at radius 2 is 1.83 bits per heavy atom. The minimum Gasteiger partial charge on any atom is -0.300 e. The average Bonchev–Trinajstić information content (AvgIpc) is 3.05. The molecule has 3 aromatic rings. The Hall–Kier alpha value is -2.60. The van der Waals surface area contributed by atoms with Gasteiger partial charge in [0.1, 0.15) is 21.2 Å². The van der Waals surface area contributed by atoms with Gasteiger partial charge in [0.15, 0.2) is 5.65 Å². The first-order valence-corrected chi connectivity index (χ1v) is 11.0. The summed E-state index contributed by atoms with van der Waals surface area (Å²) in [4.78, 5) is 46.6. The van der Waals surface area contributed by atoms with Crippen LogP contribution in [0.3, 0.4) is 0 Å². The molecule has 1 N–H and O–H groups in total. The van der Waals surface area contributed by atoms with Gasteiger partial charge in [0.2, 0.25) is 11.0 Å². The monoisotopic (exact) mass is 449 g/mol. The fraction of sp³-hybridized carbons (Fsp3) is 0.500. The molecule has 0 atom stereocenters. The van der Waals surface area contributed by atoms with E-state index in [0.717, 1.165) is 21.3 Å². The van der Waals surface area contributed by atoms with Crippen molar-refractivity contribution in [3.63, 3.8) is 0 Å². The Labute approximate surface area is 180 Å². The lowest BCUT2D eigenvalue weighted by Gasteiger charge is -2.18. The molecule has 0 aromatic carbocycles. The number of thioether (sulfide) groups is 1. The van der Waals surface area contributed by atoms with Crippen LogP contribution in [-0.4, -0.2) is 41.0 Å². The zero-order chi connectivity index (χ0) is 22.2. The topological polar surface area (TPSA) is 125 Å². The van der Waals surface area contributed by atoms with Gasteiger partial charge in [-0.25, -0.2) is 14.8 Å². The molecule has 0 aliphatic carbocycles. The minimum atomic E-state index is -0.488. The van der Waals surface area contributed by atoms with Crippen LogP contribution in [0.2, 0.25) is 0 Å². The van der Waals surface area contributed by atoms with Gasteiger partial charge >= 0.3 is 5.69 Å². The molecule has 0 unspecified atom stereocenters. The lowest BCUT2D eigenvalue weighted by Crippen LogP contribution is -2.38. The van der Waals surface area contributed by atoms with Gasteiger partial charge < -0.3 is 0 Å². The van der Waals surface area contributed by atoms with Crippen molar-refractivity contribution in [2.24, 2.45) is 19.5 Å². The minimum absolute atomic E-state index is 0.0195. The van der Waals surface area contributed by atoms with E-state index in [1.165, 1.54) is 23.0 Å². The smallest absolute Gasteiger partial charge is 0.300 e. The summed E-state index contributed by atoms with van der Waals surface area (Å²) in [6, 6.07) is 0. The summed E-state index contributed by atoms with van der Waals surface area (Å²) < 4.78 is 2.35. The number of rotatable bonds is 5. The van der Waals surface area contributed by atoms with E-state index < -0.39 is 11.2 Å². The predicted molar refractivity (Wildman–Crippen MR) is 117 cm³/mol.